The van der Waals surface area contributed by atoms with Gasteiger partial charge in [0.15, 0.2) is 15.7 Å². The average Bonchev–Trinajstić information content (AvgIpc) is 3.31. The van der Waals surface area contributed by atoms with E-state index in [0.29, 0.717) is 11.3 Å². The van der Waals surface area contributed by atoms with E-state index in [1.54, 1.807) is 54.6 Å². The highest BCUT2D eigenvalue weighted by atomic mass is 35.5. The highest BCUT2D eigenvalue weighted by molar-refractivity contribution is 7.92. The Morgan fingerprint density at radius 2 is 1.43 bits per heavy atom. The summed E-state index contributed by atoms with van der Waals surface area (Å²) in [5.74, 6) is -0.178. The Bertz CT molecular complexity index is 1820. The molecule has 8 nitrogen and oxygen atoms in total. The maximum atomic E-state index is 12.8. The van der Waals surface area contributed by atoms with Gasteiger partial charge in [-0.05, 0) is 65.4 Å². The standard InChI is InChI=1S/C25H17Cl2N3O5S2/c26-19-12-20(27)14-23(13-19)37(33,34)30-21-9-8-16-10-18(7-6-17(16)11-21)25-28-24(29-35-25)15-36(31,32)22-4-2-1-3-5-22/h1-14,30H,15H2. The number of sulfonamides is 1. The van der Waals surface area contributed by atoms with E-state index >= 15 is 0 Å². The molecule has 4 aromatic carbocycles. The van der Waals surface area contributed by atoms with Crippen LogP contribution < -0.4 is 4.72 Å². The minimum atomic E-state index is -3.91. The van der Waals surface area contributed by atoms with Crippen LogP contribution in [-0.4, -0.2) is 27.0 Å². The molecule has 0 fully saturated rings. The number of rotatable bonds is 7. The van der Waals surface area contributed by atoms with E-state index in [2.05, 4.69) is 14.9 Å². The normalized spacial score (nSPS) is 12.1. The zero-order chi connectivity index (χ0) is 26.2. The van der Waals surface area contributed by atoms with Crippen LogP contribution in [0.25, 0.3) is 22.2 Å². The van der Waals surface area contributed by atoms with E-state index in [0.717, 1.165) is 10.8 Å². The lowest BCUT2D eigenvalue weighted by molar-refractivity contribution is 0.424. The summed E-state index contributed by atoms with van der Waals surface area (Å²) >= 11 is 11.9. The van der Waals surface area contributed by atoms with Gasteiger partial charge < -0.3 is 4.52 Å². The fourth-order valence-corrected chi connectivity index (χ4v) is 6.62. The maximum absolute atomic E-state index is 12.8. The van der Waals surface area contributed by atoms with Crippen LogP contribution in [-0.2, 0) is 25.6 Å². The Kier molecular flexibility index (Phi) is 6.67. The number of sulfone groups is 1. The predicted molar refractivity (Wildman–Crippen MR) is 142 cm³/mol. The van der Waals surface area contributed by atoms with Crippen LogP contribution in [0.2, 0.25) is 10.0 Å². The largest absolute Gasteiger partial charge is 0.334 e. The van der Waals surface area contributed by atoms with Crippen molar-refractivity contribution in [1.82, 2.24) is 10.1 Å². The lowest BCUT2D eigenvalue weighted by Gasteiger charge is -2.10. The molecule has 0 unspecified atom stereocenters. The number of nitrogens with zero attached hydrogens (tertiary/aromatic N) is 2. The SMILES string of the molecule is O=S(=O)(Cc1noc(-c2ccc3cc(NS(=O)(=O)c4cc(Cl)cc(Cl)c4)ccc3c2)n1)c1ccccc1. The van der Waals surface area contributed by atoms with Crippen LogP contribution in [0.15, 0.2) is 99.2 Å². The third-order valence-corrected chi connectivity index (χ3v) is 8.80. The van der Waals surface area contributed by atoms with Gasteiger partial charge >= 0.3 is 0 Å². The molecule has 0 amide bonds. The van der Waals surface area contributed by atoms with Gasteiger partial charge in [0.05, 0.1) is 9.79 Å². The molecule has 12 heteroatoms. The van der Waals surface area contributed by atoms with Crippen molar-refractivity contribution in [2.45, 2.75) is 15.5 Å². The molecule has 5 aromatic rings. The first-order valence-corrected chi connectivity index (χ1v) is 14.6. The second kappa shape index (κ2) is 9.79. The first-order valence-electron chi connectivity index (χ1n) is 10.7. The van der Waals surface area contributed by atoms with E-state index in [-0.39, 0.29) is 31.6 Å². The van der Waals surface area contributed by atoms with Gasteiger partial charge in [0.25, 0.3) is 15.9 Å². The fourth-order valence-electron chi connectivity index (χ4n) is 3.65. The van der Waals surface area contributed by atoms with Gasteiger partial charge in [-0.25, -0.2) is 16.8 Å². The van der Waals surface area contributed by atoms with Crippen LogP contribution in [0.1, 0.15) is 5.82 Å². The number of fused-ring (bicyclic) bond motifs is 1. The van der Waals surface area contributed by atoms with E-state index in [9.17, 15) is 16.8 Å². The number of hydrogen-bond donors (Lipinski definition) is 1. The highest BCUT2D eigenvalue weighted by Crippen LogP contribution is 2.28. The topological polar surface area (TPSA) is 119 Å². The molecular weight excluding hydrogens is 557 g/mol. The summed E-state index contributed by atoms with van der Waals surface area (Å²) in [5.41, 5.74) is 0.938. The van der Waals surface area contributed by atoms with Crippen LogP contribution in [0.4, 0.5) is 5.69 Å². The van der Waals surface area contributed by atoms with Crippen molar-refractivity contribution in [3.63, 3.8) is 0 Å². The Balaban J connectivity index is 1.37. The molecule has 188 valence electrons. The van der Waals surface area contributed by atoms with Gasteiger partial charge in [0.2, 0.25) is 0 Å². The molecule has 0 radical (unpaired) electrons. The van der Waals surface area contributed by atoms with Gasteiger partial charge in [-0.1, -0.05) is 58.7 Å². The lowest BCUT2D eigenvalue weighted by Crippen LogP contribution is -2.12. The summed E-state index contributed by atoms with van der Waals surface area (Å²) in [6.45, 7) is 0. The average molecular weight is 574 g/mol. The minimum absolute atomic E-state index is 0.0461. The molecule has 0 aliphatic carbocycles. The molecule has 5 rings (SSSR count). The van der Waals surface area contributed by atoms with Crippen LogP contribution in [0.3, 0.4) is 0 Å². The van der Waals surface area contributed by atoms with Crippen LogP contribution in [0.5, 0.6) is 0 Å². The fraction of sp³-hybridized carbons (Fsp3) is 0.0400. The number of anilines is 1. The monoisotopic (exact) mass is 573 g/mol. The Hall–Kier alpha value is -3.44. The van der Waals surface area contributed by atoms with Crippen LogP contribution in [0, 0.1) is 0 Å². The second-order valence-electron chi connectivity index (χ2n) is 8.08. The summed E-state index contributed by atoms with van der Waals surface area (Å²) in [4.78, 5) is 4.37. The van der Waals surface area contributed by atoms with Gasteiger partial charge in [-0.15, -0.1) is 0 Å². The number of hydrogen-bond acceptors (Lipinski definition) is 7. The number of benzene rings is 4. The molecule has 0 saturated heterocycles. The minimum Gasteiger partial charge on any atom is -0.334 e. The van der Waals surface area contributed by atoms with E-state index in [1.165, 1.54) is 30.3 Å². The van der Waals surface area contributed by atoms with Crippen molar-refractivity contribution in [2.24, 2.45) is 0 Å². The molecule has 37 heavy (non-hydrogen) atoms. The summed E-state index contributed by atoms with van der Waals surface area (Å²) in [6.07, 6.45) is 0. The molecule has 0 atom stereocenters. The first kappa shape index (κ1) is 25.2. The van der Waals surface area contributed by atoms with E-state index < -0.39 is 25.6 Å². The second-order valence-corrected chi connectivity index (χ2v) is 12.6. The van der Waals surface area contributed by atoms with E-state index in [4.69, 9.17) is 27.7 Å². The zero-order valence-corrected chi connectivity index (χ0v) is 21.9. The van der Waals surface area contributed by atoms with Crippen molar-refractivity contribution in [2.75, 3.05) is 4.72 Å². The summed E-state index contributed by atoms with van der Waals surface area (Å²) in [7, 11) is -7.53. The smallest absolute Gasteiger partial charge is 0.261 e. The number of aromatic nitrogens is 2. The van der Waals surface area contributed by atoms with Crippen molar-refractivity contribution in [1.29, 1.82) is 0 Å². The maximum Gasteiger partial charge on any atom is 0.261 e. The van der Waals surface area contributed by atoms with E-state index in [1.807, 2.05) is 0 Å². The van der Waals surface area contributed by atoms with Gasteiger partial charge in [-0.3, -0.25) is 4.72 Å². The van der Waals surface area contributed by atoms with Crippen molar-refractivity contribution in [3.8, 4) is 11.5 Å². The summed E-state index contributed by atoms with van der Waals surface area (Å²) < 4.78 is 58.6. The molecule has 0 aliphatic heterocycles. The van der Waals surface area contributed by atoms with Crippen molar-refractivity contribution < 1.29 is 21.4 Å². The zero-order valence-electron chi connectivity index (χ0n) is 18.8. The van der Waals surface area contributed by atoms with Gasteiger partial charge in [-0.2, -0.15) is 4.98 Å². The van der Waals surface area contributed by atoms with Crippen molar-refractivity contribution >= 4 is 59.5 Å². The third-order valence-electron chi connectivity index (χ3n) is 5.38. The van der Waals surface area contributed by atoms with Crippen molar-refractivity contribution in [3.05, 3.63) is 101 Å². The molecular formula is C25H17Cl2N3O5S2. The summed E-state index contributed by atoms with van der Waals surface area (Å²) in [5, 5.41) is 5.77. The molecule has 0 saturated carbocycles. The molecule has 1 N–H and O–H groups in total. The molecule has 1 heterocycles. The van der Waals surface area contributed by atoms with Gasteiger partial charge in [0.1, 0.15) is 5.75 Å². The Morgan fingerprint density at radius 1 is 0.757 bits per heavy atom. The first-order chi connectivity index (χ1) is 17.6. The highest BCUT2D eigenvalue weighted by Gasteiger charge is 2.20. The Morgan fingerprint density at radius 3 is 2.16 bits per heavy atom. The predicted octanol–water partition coefficient (Wildman–Crippen LogP) is 5.97. The molecule has 0 bridgehead atoms. The number of nitrogens with one attached hydrogen (secondary N) is 1. The molecule has 0 spiro atoms. The summed E-state index contributed by atoms with van der Waals surface area (Å²) in [6, 6.07) is 22.4. The molecule has 1 aromatic heterocycles. The number of halogens is 2. The third kappa shape index (κ3) is 5.62. The van der Waals surface area contributed by atoms with Crippen LogP contribution >= 0.6 is 23.2 Å². The van der Waals surface area contributed by atoms with Gasteiger partial charge in [0, 0.05) is 21.3 Å². The Labute approximate surface area is 222 Å². The lowest BCUT2D eigenvalue weighted by atomic mass is 10.1. The quantitative estimate of drug-likeness (QED) is 0.254. The molecule has 0 aliphatic rings.